The Bertz CT molecular complexity index is 835. The number of amidine groups is 1. The molecule has 0 spiro atoms. The van der Waals surface area contributed by atoms with Gasteiger partial charge in [-0.05, 0) is 48.9 Å². The average Bonchev–Trinajstić information content (AvgIpc) is 2.89. The van der Waals surface area contributed by atoms with E-state index in [0.29, 0.717) is 5.75 Å². The summed E-state index contributed by atoms with van der Waals surface area (Å²) >= 11 is 0.994. The Morgan fingerprint density at radius 2 is 1.88 bits per heavy atom. The summed E-state index contributed by atoms with van der Waals surface area (Å²) in [5, 5.41) is 10.7. The summed E-state index contributed by atoms with van der Waals surface area (Å²) in [6, 6.07) is 3.46. The summed E-state index contributed by atoms with van der Waals surface area (Å²) in [6.45, 7) is 5.06. The van der Waals surface area contributed by atoms with Crippen LogP contribution in [-0.4, -0.2) is 36.3 Å². The highest BCUT2D eigenvalue weighted by atomic mass is 32.2. The number of benzene rings is 1. The van der Waals surface area contributed by atoms with Crippen molar-refractivity contribution in [2.45, 2.75) is 20.8 Å². The maximum atomic E-state index is 11.7. The molecular weight excluding hydrogens is 358 g/mol. The van der Waals surface area contributed by atoms with Gasteiger partial charge in [-0.3, -0.25) is 14.9 Å². The quantitative estimate of drug-likeness (QED) is 0.283. The van der Waals surface area contributed by atoms with Gasteiger partial charge in [0.15, 0.2) is 5.17 Å². The Kier molecular flexibility index (Phi) is 6.29. The molecule has 0 radical (unpaired) electrons. The second kappa shape index (κ2) is 8.43. The molecule has 1 saturated heterocycles. The van der Waals surface area contributed by atoms with Gasteiger partial charge in [0.25, 0.3) is 5.91 Å². The summed E-state index contributed by atoms with van der Waals surface area (Å²) in [6.07, 6.45) is 2.64. The molecule has 26 heavy (non-hydrogen) atoms. The van der Waals surface area contributed by atoms with Crippen molar-refractivity contribution in [1.82, 2.24) is 5.32 Å². The van der Waals surface area contributed by atoms with Crippen LogP contribution in [0.2, 0.25) is 0 Å². The van der Waals surface area contributed by atoms with Crippen LogP contribution < -0.4 is 10.1 Å². The van der Waals surface area contributed by atoms with Gasteiger partial charge in [-0.2, -0.15) is 5.10 Å². The van der Waals surface area contributed by atoms with E-state index in [0.717, 1.165) is 34.5 Å². The molecular formula is C17H17N3O5S. The van der Waals surface area contributed by atoms with Gasteiger partial charge >= 0.3 is 11.9 Å². The minimum Gasteiger partial charge on any atom is -0.466 e. The Morgan fingerprint density at radius 1 is 1.23 bits per heavy atom. The molecule has 2 rings (SSSR count). The van der Waals surface area contributed by atoms with Gasteiger partial charge in [-0.25, -0.2) is 4.79 Å². The van der Waals surface area contributed by atoms with Crippen LogP contribution in [0.4, 0.5) is 0 Å². The lowest BCUT2D eigenvalue weighted by Crippen LogP contribution is -2.19. The van der Waals surface area contributed by atoms with Crippen LogP contribution in [0.5, 0.6) is 5.75 Å². The lowest BCUT2D eigenvalue weighted by molar-refractivity contribution is -0.135. The Labute approximate surface area is 154 Å². The van der Waals surface area contributed by atoms with Crippen LogP contribution in [0, 0.1) is 13.8 Å². The summed E-state index contributed by atoms with van der Waals surface area (Å²) in [7, 11) is 1.23. The Morgan fingerprint density at radius 3 is 2.46 bits per heavy atom. The van der Waals surface area contributed by atoms with E-state index in [1.165, 1.54) is 14.0 Å². The first-order valence-electron chi connectivity index (χ1n) is 7.49. The zero-order valence-corrected chi connectivity index (χ0v) is 15.5. The number of rotatable bonds is 4. The van der Waals surface area contributed by atoms with Crippen molar-refractivity contribution in [2.24, 2.45) is 10.2 Å². The predicted molar refractivity (Wildman–Crippen MR) is 98.1 cm³/mol. The first kappa shape index (κ1) is 19.4. The van der Waals surface area contributed by atoms with Gasteiger partial charge in [0.05, 0.1) is 18.2 Å². The SMILES string of the molecule is COC(=O)/C=C1/S/C(=N\N=Cc2c(C)cc(OC(C)=O)cc2C)NC1=O. The molecule has 1 aromatic rings. The van der Waals surface area contributed by atoms with Crippen molar-refractivity contribution in [1.29, 1.82) is 0 Å². The monoisotopic (exact) mass is 375 g/mol. The maximum Gasteiger partial charge on any atom is 0.331 e. The number of ether oxygens (including phenoxy) is 2. The first-order chi connectivity index (χ1) is 12.3. The summed E-state index contributed by atoms with van der Waals surface area (Å²) in [5.41, 5.74) is 2.55. The van der Waals surface area contributed by atoms with Crippen molar-refractivity contribution in [3.8, 4) is 5.75 Å². The number of carbonyl (C=O) groups excluding carboxylic acids is 3. The van der Waals surface area contributed by atoms with Crippen molar-refractivity contribution >= 4 is 41.0 Å². The zero-order valence-electron chi connectivity index (χ0n) is 14.7. The van der Waals surface area contributed by atoms with E-state index in [1.54, 1.807) is 18.3 Å². The number of hydrogen-bond donors (Lipinski definition) is 1. The topological polar surface area (TPSA) is 106 Å². The van der Waals surface area contributed by atoms with Crippen molar-refractivity contribution < 1.29 is 23.9 Å². The van der Waals surface area contributed by atoms with Gasteiger partial charge in [0, 0.05) is 18.6 Å². The number of nitrogens with zero attached hydrogens (tertiary/aromatic N) is 2. The molecule has 0 bridgehead atoms. The Hall–Kier alpha value is -2.94. The zero-order chi connectivity index (χ0) is 19.3. The molecule has 0 aliphatic carbocycles. The van der Waals surface area contributed by atoms with E-state index in [4.69, 9.17) is 4.74 Å². The lowest BCUT2D eigenvalue weighted by atomic mass is 10.0. The highest BCUT2D eigenvalue weighted by molar-refractivity contribution is 8.18. The van der Waals surface area contributed by atoms with Gasteiger partial charge in [0.1, 0.15) is 5.75 Å². The third-order valence-electron chi connectivity index (χ3n) is 3.27. The normalized spacial score (nSPS) is 17.0. The smallest absolute Gasteiger partial charge is 0.331 e. The van der Waals surface area contributed by atoms with Crippen molar-refractivity contribution in [2.75, 3.05) is 7.11 Å². The molecule has 0 saturated carbocycles. The van der Waals surface area contributed by atoms with E-state index in [9.17, 15) is 14.4 Å². The third kappa shape index (κ3) is 5.03. The number of amides is 1. The van der Waals surface area contributed by atoms with Gasteiger partial charge in [-0.1, -0.05) is 0 Å². The Balaban J connectivity index is 2.15. The molecule has 136 valence electrons. The van der Waals surface area contributed by atoms with E-state index in [-0.39, 0.29) is 16.0 Å². The molecule has 1 amide bonds. The molecule has 1 aliphatic heterocycles. The molecule has 1 aromatic carbocycles. The second-order valence-electron chi connectivity index (χ2n) is 5.30. The fourth-order valence-electron chi connectivity index (χ4n) is 2.14. The number of carbonyl (C=O) groups is 3. The van der Waals surface area contributed by atoms with Crippen molar-refractivity contribution in [3.63, 3.8) is 0 Å². The van der Waals surface area contributed by atoms with Crippen LogP contribution in [0.25, 0.3) is 0 Å². The fourth-order valence-corrected chi connectivity index (χ4v) is 2.88. The minimum absolute atomic E-state index is 0.184. The van der Waals surface area contributed by atoms with Gasteiger partial charge < -0.3 is 9.47 Å². The number of esters is 2. The predicted octanol–water partition coefficient (Wildman–Crippen LogP) is 1.84. The van der Waals surface area contributed by atoms with Crippen LogP contribution >= 0.6 is 11.8 Å². The van der Waals surface area contributed by atoms with Gasteiger partial charge in [0.2, 0.25) is 0 Å². The molecule has 0 atom stereocenters. The van der Waals surface area contributed by atoms with E-state index in [2.05, 4.69) is 20.3 Å². The largest absolute Gasteiger partial charge is 0.466 e. The molecule has 1 fully saturated rings. The maximum absolute atomic E-state index is 11.7. The average molecular weight is 375 g/mol. The number of methoxy groups -OCH3 is 1. The molecule has 9 heteroatoms. The number of aryl methyl sites for hydroxylation is 2. The number of nitrogens with one attached hydrogen (secondary N) is 1. The third-order valence-corrected chi connectivity index (χ3v) is 4.17. The molecule has 1 N–H and O–H groups in total. The van der Waals surface area contributed by atoms with Crippen LogP contribution in [0.1, 0.15) is 23.6 Å². The summed E-state index contributed by atoms with van der Waals surface area (Å²) < 4.78 is 9.56. The molecule has 0 aromatic heterocycles. The van der Waals surface area contributed by atoms with E-state index in [1.807, 2.05) is 13.8 Å². The second-order valence-corrected chi connectivity index (χ2v) is 6.33. The van der Waals surface area contributed by atoms with Crippen LogP contribution in [0.15, 0.2) is 33.3 Å². The van der Waals surface area contributed by atoms with Crippen molar-refractivity contribution in [3.05, 3.63) is 39.8 Å². The van der Waals surface area contributed by atoms with Gasteiger partial charge in [-0.15, -0.1) is 5.10 Å². The van der Waals surface area contributed by atoms with E-state index < -0.39 is 11.9 Å². The minimum atomic E-state index is -0.619. The molecule has 8 nitrogen and oxygen atoms in total. The number of hydrogen-bond acceptors (Lipinski definition) is 8. The lowest BCUT2D eigenvalue weighted by Gasteiger charge is -2.08. The highest BCUT2D eigenvalue weighted by Gasteiger charge is 2.25. The first-order valence-corrected chi connectivity index (χ1v) is 8.31. The molecule has 1 heterocycles. The summed E-state index contributed by atoms with van der Waals surface area (Å²) in [5.74, 6) is -0.979. The van der Waals surface area contributed by atoms with Crippen LogP contribution in [0.3, 0.4) is 0 Å². The molecule has 1 aliphatic rings. The molecule has 0 unspecified atom stereocenters. The standard InChI is InChI=1S/C17H17N3O5S/c1-9-5-12(25-11(3)21)6-10(2)13(9)8-18-20-17-19-16(23)14(26-17)7-15(22)24-4/h5-8H,1-4H3,(H,19,20,23)/b14-7+,18-8?. The van der Waals surface area contributed by atoms with Crippen LogP contribution in [-0.2, 0) is 19.1 Å². The van der Waals surface area contributed by atoms with E-state index >= 15 is 0 Å². The summed E-state index contributed by atoms with van der Waals surface area (Å²) in [4.78, 5) is 34.1. The highest BCUT2D eigenvalue weighted by Crippen LogP contribution is 2.24. The fraction of sp³-hybridized carbons (Fsp3) is 0.235. The number of thioether (sulfide) groups is 1.